The first kappa shape index (κ1) is 28.1. The molecule has 0 fully saturated rings. The lowest BCUT2D eigenvalue weighted by Crippen LogP contribution is -2.36. The monoisotopic (exact) mass is 508 g/mol. The van der Waals surface area contributed by atoms with Gasteiger partial charge in [-0.25, -0.2) is 8.42 Å². The minimum atomic E-state index is -3.86. The molecule has 194 valence electrons. The second-order valence-electron chi connectivity index (χ2n) is 10.5. The average molecular weight is 509 g/mol. The van der Waals surface area contributed by atoms with E-state index >= 15 is 0 Å². The van der Waals surface area contributed by atoms with Gasteiger partial charge in [-0.1, -0.05) is 76.2 Å². The van der Waals surface area contributed by atoms with E-state index in [0.29, 0.717) is 0 Å². The quantitative estimate of drug-likeness (QED) is 0.339. The van der Waals surface area contributed by atoms with Gasteiger partial charge in [0.15, 0.2) is 0 Å². The molecule has 1 unspecified atom stereocenters. The lowest BCUT2D eigenvalue weighted by atomic mass is 9.83. The van der Waals surface area contributed by atoms with Crippen LogP contribution in [0.4, 0.5) is 0 Å². The van der Waals surface area contributed by atoms with E-state index in [1.54, 1.807) is 24.3 Å². The van der Waals surface area contributed by atoms with Crippen LogP contribution >= 0.6 is 0 Å². The van der Waals surface area contributed by atoms with Crippen molar-refractivity contribution in [3.05, 3.63) is 88.5 Å². The van der Waals surface area contributed by atoms with Crippen molar-refractivity contribution in [2.75, 3.05) is 14.1 Å². The van der Waals surface area contributed by atoms with Gasteiger partial charge in [0.25, 0.3) is 0 Å². The number of nitrogens with zero attached hydrogens (tertiary/aromatic N) is 1. The largest absolute Gasteiger partial charge is 0.377 e. The van der Waals surface area contributed by atoms with Gasteiger partial charge >= 0.3 is 0 Å². The molecular weight excluding hydrogens is 468 g/mol. The first-order valence-corrected chi connectivity index (χ1v) is 14.0. The molecule has 0 aliphatic heterocycles. The van der Waals surface area contributed by atoms with Crippen molar-refractivity contribution in [1.82, 2.24) is 9.62 Å². The molecule has 5 nitrogen and oxygen atoms in total. The number of rotatable bonds is 10. The first-order valence-electron chi connectivity index (χ1n) is 12.6. The van der Waals surface area contributed by atoms with Gasteiger partial charge in [0.05, 0.1) is 4.90 Å². The Balaban J connectivity index is 1.92. The number of nitrogens with one attached hydrogen (secondary N) is 1. The molecule has 0 heterocycles. The summed E-state index contributed by atoms with van der Waals surface area (Å²) in [4.78, 5) is 2.17. The Bertz CT molecular complexity index is 1250. The normalized spacial score (nSPS) is 13.1. The second kappa shape index (κ2) is 11.7. The fourth-order valence-electron chi connectivity index (χ4n) is 4.66. The van der Waals surface area contributed by atoms with Crippen molar-refractivity contribution in [1.29, 1.82) is 0 Å². The molecule has 6 heteroatoms. The van der Waals surface area contributed by atoms with Crippen LogP contribution in [0.1, 0.15) is 67.3 Å². The third-order valence-electron chi connectivity index (χ3n) is 6.44. The molecule has 36 heavy (non-hydrogen) atoms. The molecule has 0 aliphatic rings. The van der Waals surface area contributed by atoms with E-state index in [2.05, 4.69) is 63.6 Å². The number of benzene rings is 3. The summed E-state index contributed by atoms with van der Waals surface area (Å²) in [5, 5.41) is 10.9. The Morgan fingerprint density at radius 2 is 1.44 bits per heavy atom. The van der Waals surface area contributed by atoms with Crippen LogP contribution in [-0.4, -0.2) is 38.7 Å². The molecule has 3 aromatic carbocycles. The Hall–Kier alpha value is -2.51. The van der Waals surface area contributed by atoms with Crippen LogP contribution < -0.4 is 4.72 Å². The third-order valence-corrected chi connectivity index (χ3v) is 7.92. The van der Waals surface area contributed by atoms with Gasteiger partial charge in [0, 0.05) is 13.0 Å². The predicted octanol–water partition coefficient (Wildman–Crippen LogP) is 5.81. The van der Waals surface area contributed by atoms with Gasteiger partial charge in [-0.15, -0.1) is 0 Å². The molecule has 0 radical (unpaired) electrons. The molecule has 0 spiro atoms. The van der Waals surface area contributed by atoms with E-state index < -0.39 is 16.3 Å². The van der Waals surface area contributed by atoms with Crippen LogP contribution in [0, 0.1) is 6.92 Å². The topological polar surface area (TPSA) is 69.6 Å². The smallest absolute Gasteiger partial charge is 0.242 e. The van der Waals surface area contributed by atoms with Gasteiger partial charge in [-0.05, 0) is 83.9 Å². The second-order valence-corrected chi connectivity index (χ2v) is 12.2. The molecule has 0 aliphatic carbocycles. The Kier molecular flexibility index (Phi) is 9.12. The molecule has 0 bridgehead atoms. The van der Waals surface area contributed by atoms with E-state index in [9.17, 15) is 13.5 Å². The van der Waals surface area contributed by atoms with Crippen LogP contribution in [-0.2, 0) is 23.0 Å². The standard InChI is InChI=1S/C30H40N2O3S/c1-20(2)27-16-24(26-11-9-8-10-22(26)5)17-28(21(3)4)29(27)18-30(33)31-36(34,35)25-14-12-23(13-15-25)19-32(6)7/h8-17,20-21,30-31,33H,18-19H2,1-7H3. The minimum Gasteiger partial charge on any atom is -0.377 e. The summed E-state index contributed by atoms with van der Waals surface area (Å²) >= 11 is 0. The highest BCUT2D eigenvalue weighted by atomic mass is 32.2. The minimum absolute atomic E-state index is 0.145. The van der Waals surface area contributed by atoms with Gasteiger partial charge < -0.3 is 10.0 Å². The van der Waals surface area contributed by atoms with Crippen molar-refractivity contribution in [3.8, 4) is 11.1 Å². The average Bonchev–Trinajstić information content (AvgIpc) is 2.78. The SMILES string of the molecule is Cc1ccccc1-c1cc(C(C)C)c(CC(O)NS(=O)(=O)c2ccc(CN(C)C)cc2)c(C(C)C)c1. The lowest BCUT2D eigenvalue weighted by molar-refractivity contribution is 0.163. The summed E-state index contributed by atoms with van der Waals surface area (Å²) in [6.07, 6.45) is -1.04. The summed E-state index contributed by atoms with van der Waals surface area (Å²) < 4.78 is 28.5. The summed E-state index contributed by atoms with van der Waals surface area (Å²) in [5.41, 5.74) is 7.84. The Labute approximate surface area is 217 Å². The van der Waals surface area contributed by atoms with E-state index in [0.717, 1.165) is 34.4 Å². The van der Waals surface area contributed by atoms with E-state index in [-0.39, 0.29) is 23.2 Å². The molecule has 3 rings (SSSR count). The fraction of sp³-hybridized carbons (Fsp3) is 0.400. The van der Waals surface area contributed by atoms with Crippen LogP contribution in [0.15, 0.2) is 65.6 Å². The van der Waals surface area contributed by atoms with Crippen molar-refractivity contribution in [3.63, 3.8) is 0 Å². The van der Waals surface area contributed by atoms with E-state index in [4.69, 9.17) is 0 Å². The molecule has 0 saturated heterocycles. The van der Waals surface area contributed by atoms with Crippen LogP contribution in [0.25, 0.3) is 11.1 Å². The van der Waals surface area contributed by atoms with Crippen molar-refractivity contribution in [2.24, 2.45) is 0 Å². The zero-order valence-corrected chi connectivity index (χ0v) is 23.4. The summed E-state index contributed by atoms with van der Waals surface area (Å²) in [6.45, 7) is 11.4. The molecule has 0 aromatic heterocycles. The third kappa shape index (κ3) is 6.83. The molecule has 1 atom stereocenters. The number of aliphatic hydroxyl groups excluding tert-OH is 1. The van der Waals surface area contributed by atoms with E-state index in [1.807, 2.05) is 31.1 Å². The summed E-state index contributed by atoms with van der Waals surface area (Å²) in [6, 6.07) is 19.5. The maximum Gasteiger partial charge on any atom is 0.242 e. The molecule has 0 amide bonds. The molecule has 3 aromatic rings. The van der Waals surface area contributed by atoms with Gasteiger partial charge in [-0.3, -0.25) is 0 Å². The van der Waals surface area contributed by atoms with Crippen LogP contribution in [0.2, 0.25) is 0 Å². The van der Waals surface area contributed by atoms with Crippen molar-refractivity contribution in [2.45, 2.75) is 70.5 Å². The van der Waals surface area contributed by atoms with Crippen molar-refractivity contribution < 1.29 is 13.5 Å². The number of aryl methyl sites for hydroxylation is 1. The predicted molar refractivity (Wildman–Crippen MR) is 149 cm³/mol. The number of sulfonamides is 1. The Morgan fingerprint density at radius 1 is 0.889 bits per heavy atom. The summed E-state index contributed by atoms with van der Waals surface area (Å²) in [7, 11) is 0.0690. The highest BCUT2D eigenvalue weighted by Gasteiger charge is 2.23. The van der Waals surface area contributed by atoms with Crippen LogP contribution in [0.3, 0.4) is 0 Å². The Morgan fingerprint density at radius 3 is 1.94 bits per heavy atom. The molecule has 0 saturated carbocycles. The molecule has 2 N–H and O–H groups in total. The van der Waals surface area contributed by atoms with Crippen molar-refractivity contribution >= 4 is 10.0 Å². The van der Waals surface area contributed by atoms with Gasteiger partial charge in [0.2, 0.25) is 10.0 Å². The first-order chi connectivity index (χ1) is 16.9. The van der Waals surface area contributed by atoms with Gasteiger partial charge in [0.1, 0.15) is 6.23 Å². The zero-order valence-electron chi connectivity index (χ0n) is 22.5. The van der Waals surface area contributed by atoms with E-state index in [1.165, 1.54) is 11.1 Å². The fourth-order valence-corrected chi connectivity index (χ4v) is 5.73. The maximum absolute atomic E-state index is 13.0. The number of hydrogen-bond acceptors (Lipinski definition) is 4. The van der Waals surface area contributed by atoms with Gasteiger partial charge in [-0.2, -0.15) is 4.72 Å². The number of aliphatic hydroxyl groups is 1. The lowest BCUT2D eigenvalue weighted by Gasteiger charge is -2.24. The molecular formula is C30H40N2O3S. The maximum atomic E-state index is 13.0. The highest BCUT2D eigenvalue weighted by Crippen LogP contribution is 2.35. The number of hydrogen-bond donors (Lipinski definition) is 2. The highest BCUT2D eigenvalue weighted by molar-refractivity contribution is 7.89. The zero-order chi connectivity index (χ0) is 26.6. The van der Waals surface area contributed by atoms with Crippen LogP contribution in [0.5, 0.6) is 0 Å². The summed E-state index contributed by atoms with van der Waals surface area (Å²) in [5.74, 6) is 0.434.